The van der Waals surface area contributed by atoms with Crippen molar-refractivity contribution in [3.63, 3.8) is 0 Å². The fraction of sp³-hybridized carbons (Fsp3) is 0.111. The second kappa shape index (κ2) is 6.62. The molecule has 0 bridgehead atoms. The lowest BCUT2D eigenvalue weighted by molar-refractivity contribution is 0.407. The Morgan fingerprint density at radius 1 is 0.800 bits per heavy atom. The minimum Gasteiger partial charge on any atom is -0.508 e. The monoisotopic (exact) mass is 266 g/mol. The lowest BCUT2D eigenvalue weighted by Gasteiger charge is -2.00. The summed E-state index contributed by atoms with van der Waals surface area (Å²) in [6, 6.07) is 21.8. The predicted molar refractivity (Wildman–Crippen MR) is 83.3 cm³/mol. The van der Waals surface area contributed by atoms with Crippen molar-refractivity contribution in [2.75, 3.05) is 7.11 Å². The number of aryl methyl sites for hydroxylation is 1. The summed E-state index contributed by atoms with van der Waals surface area (Å²) in [5, 5.41) is 11.7. The molecule has 3 aromatic carbocycles. The van der Waals surface area contributed by atoms with Crippen LogP contribution < -0.4 is 4.74 Å². The molecular formula is C18H18O2. The number of methoxy groups -OCH3 is 1. The van der Waals surface area contributed by atoms with Gasteiger partial charge >= 0.3 is 0 Å². The van der Waals surface area contributed by atoms with Gasteiger partial charge in [-0.05, 0) is 35.4 Å². The Morgan fingerprint density at radius 3 is 1.70 bits per heavy atom. The van der Waals surface area contributed by atoms with Crippen LogP contribution in [0, 0.1) is 6.92 Å². The van der Waals surface area contributed by atoms with Crippen molar-refractivity contribution >= 4 is 10.8 Å². The second-order valence-electron chi connectivity index (χ2n) is 4.56. The largest absolute Gasteiger partial charge is 0.508 e. The first-order valence-corrected chi connectivity index (χ1v) is 6.47. The van der Waals surface area contributed by atoms with Crippen molar-refractivity contribution in [1.29, 1.82) is 0 Å². The van der Waals surface area contributed by atoms with Gasteiger partial charge in [0.05, 0.1) is 7.11 Å². The van der Waals surface area contributed by atoms with Crippen LogP contribution in [0.25, 0.3) is 10.8 Å². The molecule has 3 rings (SSSR count). The average Bonchev–Trinajstić information content (AvgIpc) is 2.47. The van der Waals surface area contributed by atoms with Gasteiger partial charge in [0.15, 0.2) is 0 Å². The Hall–Kier alpha value is -2.48. The van der Waals surface area contributed by atoms with Gasteiger partial charge < -0.3 is 9.84 Å². The van der Waals surface area contributed by atoms with Crippen molar-refractivity contribution in [2.45, 2.75) is 6.92 Å². The number of phenols is 1. The fourth-order valence-corrected chi connectivity index (χ4v) is 1.98. The van der Waals surface area contributed by atoms with E-state index in [1.54, 1.807) is 19.2 Å². The number of benzene rings is 3. The molecule has 0 aliphatic heterocycles. The molecule has 20 heavy (non-hydrogen) atoms. The van der Waals surface area contributed by atoms with Gasteiger partial charge in [0.25, 0.3) is 0 Å². The maximum absolute atomic E-state index is 9.04. The molecule has 0 amide bonds. The van der Waals surface area contributed by atoms with Crippen molar-refractivity contribution in [3.8, 4) is 11.5 Å². The van der Waals surface area contributed by atoms with E-state index < -0.39 is 0 Å². The topological polar surface area (TPSA) is 29.5 Å². The Morgan fingerprint density at radius 2 is 1.30 bits per heavy atom. The van der Waals surface area contributed by atoms with Gasteiger partial charge in [-0.15, -0.1) is 0 Å². The Bertz CT molecular complexity index is 604. The molecule has 102 valence electrons. The van der Waals surface area contributed by atoms with Gasteiger partial charge in [0, 0.05) is 6.07 Å². The zero-order valence-corrected chi connectivity index (χ0v) is 11.7. The molecule has 0 aromatic heterocycles. The Balaban J connectivity index is 0.000000147. The molecule has 0 saturated heterocycles. The van der Waals surface area contributed by atoms with E-state index in [-0.39, 0.29) is 5.75 Å². The molecule has 0 aliphatic rings. The fourth-order valence-electron chi connectivity index (χ4n) is 1.98. The average molecular weight is 266 g/mol. The van der Waals surface area contributed by atoms with Crippen LogP contribution in [0.2, 0.25) is 0 Å². The highest BCUT2D eigenvalue weighted by Crippen LogP contribution is 2.20. The predicted octanol–water partition coefficient (Wildman–Crippen LogP) is 4.55. The molecule has 0 fully saturated rings. The maximum atomic E-state index is 9.04. The van der Waals surface area contributed by atoms with Gasteiger partial charge in [0.1, 0.15) is 11.5 Å². The highest BCUT2D eigenvalue weighted by atomic mass is 16.5. The summed E-state index contributed by atoms with van der Waals surface area (Å²) < 4.78 is 4.92. The highest BCUT2D eigenvalue weighted by Gasteiger charge is 1.94. The molecule has 0 spiro atoms. The Kier molecular flexibility index (Phi) is 4.61. The van der Waals surface area contributed by atoms with Crippen LogP contribution in [0.3, 0.4) is 0 Å². The van der Waals surface area contributed by atoms with E-state index in [1.165, 1.54) is 10.8 Å². The summed E-state index contributed by atoms with van der Waals surface area (Å²) in [5.41, 5.74) is 0.997. The van der Waals surface area contributed by atoms with Crippen LogP contribution in [0.5, 0.6) is 11.5 Å². The summed E-state index contributed by atoms with van der Waals surface area (Å²) in [4.78, 5) is 0. The zero-order valence-electron chi connectivity index (χ0n) is 11.7. The van der Waals surface area contributed by atoms with Gasteiger partial charge in [-0.25, -0.2) is 0 Å². The number of hydrogen-bond donors (Lipinski definition) is 1. The van der Waals surface area contributed by atoms with Crippen molar-refractivity contribution in [2.24, 2.45) is 0 Å². The summed E-state index contributed by atoms with van der Waals surface area (Å²) in [5.74, 6) is 0.939. The highest BCUT2D eigenvalue weighted by molar-refractivity contribution is 5.81. The smallest absolute Gasteiger partial charge is 0.122 e. The van der Waals surface area contributed by atoms with E-state index >= 15 is 0 Å². The van der Waals surface area contributed by atoms with Crippen LogP contribution in [-0.2, 0) is 0 Å². The molecule has 3 aromatic rings. The molecular weight excluding hydrogens is 248 g/mol. The molecule has 0 saturated carbocycles. The SMILES string of the molecule is COc1cc(C)cc(O)c1.c1ccc2ccccc2c1. The summed E-state index contributed by atoms with van der Waals surface area (Å²) >= 11 is 0. The number of rotatable bonds is 1. The molecule has 1 N–H and O–H groups in total. The van der Waals surface area contributed by atoms with Crippen LogP contribution in [0.4, 0.5) is 0 Å². The van der Waals surface area contributed by atoms with Gasteiger partial charge in [-0.1, -0.05) is 48.5 Å². The third-order valence-corrected chi connectivity index (χ3v) is 2.93. The molecule has 2 nitrogen and oxygen atoms in total. The number of aromatic hydroxyl groups is 1. The van der Waals surface area contributed by atoms with E-state index in [0.717, 1.165) is 5.56 Å². The van der Waals surface area contributed by atoms with Crippen molar-refractivity contribution in [1.82, 2.24) is 0 Å². The molecule has 0 radical (unpaired) electrons. The molecule has 0 heterocycles. The third kappa shape index (κ3) is 3.75. The first-order chi connectivity index (χ1) is 9.69. The van der Waals surface area contributed by atoms with E-state index in [2.05, 4.69) is 48.5 Å². The van der Waals surface area contributed by atoms with Crippen LogP contribution >= 0.6 is 0 Å². The van der Waals surface area contributed by atoms with E-state index in [1.807, 2.05) is 13.0 Å². The minimum atomic E-state index is 0.247. The first-order valence-electron chi connectivity index (χ1n) is 6.47. The minimum absolute atomic E-state index is 0.247. The first kappa shape index (κ1) is 13.9. The standard InChI is InChI=1S/C10H8.C8H10O2/c1-2-6-10-8-4-3-7-9(10)5-1;1-6-3-7(9)5-8(4-6)10-2/h1-8H;3-5,9H,1-2H3. The van der Waals surface area contributed by atoms with E-state index in [9.17, 15) is 0 Å². The second-order valence-corrected chi connectivity index (χ2v) is 4.56. The normalized spacial score (nSPS) is 9.70. The van der Waals surface area contributed by atoms with Gasteiger partial charge in [0.2, 0.25) is 0 Å². The van der Waals surface area contributed by atoms with E-state index in [0.29, 0.717) is 5.75 Å². The third-order valence-electron chi connectivity index (χ3n) is 2.93. The molecule has 2 heteroatoms. The van der Waals surface area contributed by atoms with Crippen LogP contribution in [0.1, 0.15) is 5.56 Å². The van der Waals surface area contributed by atoms with Crippen LogP contribution in [-0.4, -0.2) is 12.2 Å². The molecule has 0 atom stereocenters. The number of hydrogen-bond acceptors (Lipinski definition) is 2. The number of phenolic OH excluding ortho intramolecular Hbond substituents is 1. The van der Waals surface area contributed by atoms with Gasteiger partial charge in [-0.2, -0.15) is 0 Å². The summed E-state index contributed by atoms with van der Waals surface area (Å²) in [6.45, 7) is 1.90. The quantitative estimate of drug-likeness (QED) is 0.700. The van der Waals surface area contributed by atoms with Crippen molar-refractivity contribution in [3.05, 3.63) is 72.3 Å². The zero-order chi connectivity index (χ0) is 14.4. The molecule has 0 aliphatic carbocycles. The number of fused-ring (bicyclic) bond motifs is 1. The van der Waals surface area contributed by atoms with Crippen molar-refractivity contribution < 1.29 is 9.84 Å². The van der Waals surface area contributed by atoms with E-state index in [4.69, 9.17) is 9.84 Å². The van der Waals surface area contributed by atoms with Crippen LogP contribution in [0.15, 0.2) is 66.7 Å². The number of ether oxygens (including phenoxy) is 1. The van der Waals surface area contributed by atoms with Gasteiger partial charge in [-0.3, -0.25) is 0 Å². The Labute approximate surface area is 119 Å². The summed E-state index contributed by atoms with van der Waals surface area (Å²) in [7, 11) is 1.58. The molecule has 0 unspecified atom stereocenters. The lowest BCUT2D eigenvalue weighted by atomic mass is 10.1. The lowest BCUT2D eigenvalue weighted by Crippen LogP contribution is -1.82. The summed E-state index contributed by atoms with van der Waals surface area (Å²) in [6.07, 6.45) is 0. The maximum Gasteiger partial charge on any atom is 0.122 e.